The predicted octanol–water partition coefficient (Wildman–Crippen LogP) is 0.246. The highest BCUT2D eigenvalue weighted by Gasteiger charge is 2.19. The second kappa shape index (κ2) is 5.06. The van der Waals surface area contributed by atoms with E-state index in [0.29, 0.717) is 0 Å². The first-order chi connectivity index (χ1) is 8.13. The predicted molar refractivity (Wildman–Crippen MR) is 66.5 cm³/mol. The van der Waals surface area contributed by atoms with E-state index < -0.39 is 25.8 Å². The van der Waals surface area contributed by atoms with Crippen molar-refractivity contribution in [1.82, 2.24) is 4.13 Å². The van der Waals surface area contributed by atoms with Gasteiger partial charge in [0, 0.05) is 0 Å². The van der Waals surface area contributed by atoms with Crippen molar-refractivity contribution in [3.05, 3.63) is 34.9 Å². The van der Waals surface area contributed by atoms with Gasteiger partial charge in [-0.15, -0.1) is 4.13 Å². The van der Waals surface area contributed by atoms with Gasteiger partial charge in [0.05, 0.1) is 23.6 Å². The van der Waals surface area contributed by atoms with Crippen LogP contribution in [-0.2, 0) is 25.8 Å². The van der Waals surface area contributed by atoms with Crippen LogP contribution in [0.2, 0.25) is 0 Å². The van der Waals surface area contributed by atoms with Crippen molar-refractivity contribution in [2.24, 2.45) is 0 Å². The summed E-state index contributed by atoms with van der Waals surface area (Å²) in [5.41, 5.74) is 1.27. The number of nitrogens with zero attached hydrogens (tertiary/aromatic N) is 1. The van der Waals surface area contributed by atoms with Crippen molar-refractivity contribution >= 4 is 20.0 Å². The monoisotopic (exact) mass is 288 g/mol. The summed E-state index contributed by atoms with van der Waals surface area (Å²) < 4.78 is 46.5. The van der Waals surface area contributed by atoms with Gasteiger partial charge in [-0.05, 0) is 18.6 Å². The molecule has 1 aromatic carbocycles. The van der Waals surface area contributed by atoms with E-state index in [-0.39, 0.29) is 11.1 Å². The normalized spacial score (nSPS) is 12.1. The van der Waals surface area contributed by atoms with Gasteiger partial charge >= 0.3 is 0 Å². The van der Waals surface area contributed by atoms with Gasteiger partial charge in [-0.2, -0.15) is 5.26 Å². The number of aryl methyl sites for hydroxylation is 1. The lowest BCUT2D eigenvalue weighted by molar-refractivity contribution is 0.579. The lowest BCUT2D eigenvalue weighted by Crippen LogP contribution is -2.30. The van der Waals surface area contributed by atoms with Crippen LogP contribution < -0.4 is 4.13 Å². The fourth-order valence-electron chi connectivity index (χ4n) is 1.42. The van der Waals surface area contributed by atoms with Gasteiger partial charge < -0.3 is 0 Å². The number of hydrogen-bond acceptors (Lipinski definition) is 5. The molecule has 0 saturated heterocycles. The van der Waals surface area contributed by atoms with Gasteiger partial charge in [0.15, 0.2) is 0 Å². The Bertz CT molecular complexity index is 700. The highest BCUT2D eigenvalue weighted by Crippen LogP contribution is 2.14. The van der Waals surface area contributed by atoms with Crippen molar-refractivity contribution < 1.29 is 16.8 Å². The molecule has 0 spiro atoms. The topological polar surface area (TPSA) is 104 Å². The third kappa shape index (κ3) is 4.44. The number of rotatable bonds is 4. The summed E-state index contributed by atoms with van der Waals surface area (Å²) in [4.78, 5) is 0. The van der Waals surface area contributed by atoms with Gasteiger partial charge in [-0.3, -0.25) is 0 Å². The lowest BCUT2D eigenvalue weighted by atomic mass is 10.1. The highest BCUT2D eigenvalue weighted by atomic mass is 32.3. The van der Waals surface area contributed by atoms with Gasteiger partial charge in [0.2, 0.25) is 20.0 Å². The van der Waals surface area contributed by atoms with E-state index in [4.69, 9.17) is 5.26 Å². The van der Waals surface area contributed by atoms with Crippen molar-refractivity contribution in [2.45, 2.75) is 12.7 Å². The molecular formula is C10H12N2O4S2. The number of nitriles is 1. The zero-order valence-electron chi connectivity index (χ0n) is 9.84. The third-order valence-corrected chi connectivity index (χ3v) is 4.92. The molecule has 98 valence electrons. The summed E-state index contributed by atoms with van der Waals surface area (Å²) in [6.45, 7) is 1.75. The van der Waals surface area contributed by atoms with Gasteiger partial charge in [0.1, 0.15) is 0 Å². The van der Waals surface area contributed by atoms with Crippen LogP contribution in [0.15, 0.2) is 18.2 Å². The molecule has 0 unspecified atom stereocenters. The largest absolute Gasteiger partial charge is 0.228 e. The zero-order valence-corrected chi connectivity index (χ0v) is 11.5. The number of benzene rings is 1. The Kier molecular flexibility index (Phi) is 4.11. The molecule has 0 fully saturated rings. The van der Waals surface area contributed by atoms with Crippen molar-refractivity contribution in [3.8, 4) is 6.07 Å². The first-order valence-corrected chi connectivity index (χ1v) is 8.38. The van der Waals surface area contributed by atoms with Crippen LogP contribution in [0.3, 0.4) is 0 Å². The van der Waals surface area contributed by atoms with Crippen LogP contribution >= 0.6 is 0 Å². The maximum absolute atomic E-state index is 11.6. The van der Waals surface area contributed by atoms with Crippen LogP contribution in [-0.4, -0.2) is 23.1 Å². The zero-order chi connectivity index (χ0) is 14.0. The summed E-state index contributed by atoms with van der Waals surface area (Å²) in [6, 6.07) is 6.59. The smallest absolute Gasteiger partial charge is 0.212 e. The van der Waals surface area contributed by atoms with E-state index in [1.807, 2.05) is 6.07 Å². The standard InChI is InChI=1S/C10H12N2O4S2/c1-8-3-4-9(6-11)10(5-8)7-18(15,16)12-17(2,13)14/h3-5,12H,7H2,1-2H3. The molecule has 1 rings (SSSR count). The minimum atomic E-state index is -4.03. The minimum absolute atomic E-state index is 0.208. The van der Waals surface area contributed by atoms with Crippen molar-refractivity contribution in [3.63, 3.8) is 0 Å². The van der Waals surface area contributed by atoms with Gasteiger partial charge in [0.25, 0.3) is 0 Å². The molecule has 0 atom stereocenters. The van der Waals surface area contributed by atoms with Gasteiger partial charge in [-0.1, -0.05) is 17.7 Å². The highest BCUT2D eigenvalue weighted by molar-refractivity contribution is 8.04. The SMILES string of the molecule is Cc1ccc(C#N)c(CS(=O)(=O)NS(C)(=O)=O)c1. The third-order valence-electron chi connectivity index (χ3n) is 2.01. The Hall–Kier alpha value is -1.43. The minimum Gasteiger partial charge on any atom is -0.212 e. The summed E-state index contributed by atoms with van der Waals surface area (Å²) in [5, 5.41) is 8.86. The van der Waals surface area contributed by atoms with Crippen molar-refractivity contribution in [2.75, 3.05) is 6.26 Å². The molecule has 0 aliphatic heterocycles. The van der Waals surface area contributed by atoms with E-state index in [1.54, 1.807) is 23.2 Å². The molecule has 0 aliphatic carbocycles. The summed E-state index contributed by atoms with van der Waals surface area (Å²) in [5.74, 6) is -0.551. The Labute approximate surface area is 106 Å². The molecule has 1 aromatic rings. The fraction of sp³-hybridized carbons (Fsp3) is 0.300. The summed E-state index contributed by atoms with van der Waals surface area (Å²) in [6.07, 6.45) is 0.756. The second-order valence-corrected chi connectivity index (χ2v) is 7.62. The fourth-order valence-corrected chi connectivity index (χ4v) is 4.14. The second-order valence-electron chi connectivity index (χ2n) is 3.89. The van der Waals surface area contributed by atoms with E-state index in [0.717, 1.165) is 11.8 Å². The molecule has 0 heterocycles. The molecule has 8 heteroatoms. The van der Waals surface area contributed by atoms with Crippen LogP contribution in [0.25, 0.3) is 0 Å². The summed E-state index contributed by atoms with van der Waals surface area (Å²) >= 11 is 0. The molecule has 1 N–H and O–H groups in total. The Balaban J connectivity index is 3.13. The van der Waals surface area contributed by atoms with Crippen LogP contribution in [0, 0.1) is 18.3 Å². The molecule has 6 nitrogen and oxygen atoms in total. The molecule has 0 bridgehead atoms. The average molecular weight is 288 g/mol. The number of hydrogen-bond donors (Lipinski definition) is 1. The first kappa shape index (κ1) is 14.6. The maximum Gasteiger partial charge on any atom is 0.228 e. The van der Waals surface area contributed by atoms with Crippen LogP contribution in [0.5, 0.6) is 0 Å². The van der Waals surface area contributed by atoms with Gasteiger partial charge in [-0.25, -0.2) is 16.8 Å². The molecule has 0 aliphatic rings. The summed E-state index contributed by atoms with van der Waals surface area (Å²) in [7, 11) is -7.88. The van der Waals surface area contributed by atoms with E-state index in [2.05, 4.69) is 0 Å². The van der Waals surface area contributed by atoms with E-state index >= 15 is 0 Å². The van der Waals surface area contributed by atoms with E-state index in [1.165, 1.54) is 6.07 Å². The number of nitrogens with one attached hydrogen (secondary N) is 1. The van der Waals surface area contributed by atoms with Crippen LogP contribution in [0.1, 0.15) is 16.7 Å². The average Bonchev–Trinajstić information content (AvgIpc) is 2.13. The number of sulfonamides is 2. The molecule has 18 heavy (non-hydrogen) atoms. The Morgan fingerprint density at radius 3 is 2.39 bits per heavy atom. The molecule has 0 radical (unpaired) electrons. The molecule has 0 saturated carbocycles. The Morgan fingerprint density at radius 1 is 1.28 bits per heavy atom. The molecule has 0 aromatic heterocycles. The Morgan fingerprint density at radius 2 is 1.89 bits per heavy atom. The first-order valence-electron chi connectivity index (χ1n) is 4.84. The van der Waals surface area contributed by atoms with Crippen molar-refractivity contribution in [1.29, 1.82) is 5.26 Å². The maximum atomic E-state index is 11.6. The molecular weight excluding hydrogens is 276 g/mol. The van der Waals surface area contributed by atoms with E-state index in [9.17, 15) is 16.8 Å². The molecule has 0 amide bonds. The quantitative estimate of drug-likeness (QED) is 0.855. The lowest BCUT2D eigenvalue weighted by Gasteiger charge is -2.07. The van der Waals surface area contributed by atoms with Crippen LogP contribution in [0.4, 0.5) is 0 Å².